The third-order valence-corrected chi connectivity index (χ3v) is 6.99. The van der Waals surface area contributed by atoms with Crippen LogP contribution in [0.5, 0.6) is 0 Å². The summed E-state index contributed by atoms with van der Waals surface area (Å²) in [5, 5.41) is 2.83. The third kappa shape index (κ3) is 8.62. The van der Waals surface area contributed by atoms with E-state index in [0.717, 1.165) is 17.4 Å². The molecule has 2 amide bonds. The van der Waals surface area contributed by atoms with Gasteiger partial charge in [-0.15, -0.1) is 0 Å². The highest BCUT2D eigenvalue weighted by Gasteiger charge is 2.27. The van der Waals surface area contributed by atoms with Crippen molar-refractivity contribution >= 4 is 27.5 Å². The predicted octanol–water partition coefficient (Wildman–Crippen LogP) is 4.18. The van der Waals surface area contributed by atoms with Gasteiger partial charge in [0.2, 0.25) is 21.8 Å². The molecule has 2 aromatic carbocycles. The predicted molar refractivity (Wildman–Crippen MR) is 142 cm³/mol. The van der Waals surface area contributed by atoms with Crippen molar-refractivity contribution in [3.05, 3.63) is 65.0 Å². The Labute approximate surface area is 214 Å². The van der Waals surface area contributed by atoms with Gasteiger partial charge in [0, 0.05) is 31.6 Å². The second-order valence-electron chi connectivity index (χ2n) is 9.71. The van der Waals surface area contributed by atoms with Crippen LogP contribution in [0.3, 0.4) is 0 Å². The maximum Gasteiger partial charge on any atom is 0.242 e. The van der Waals surface area contributed by atoms with Gasteiger partial charge in [-0.25, -0.2) is 12.8 Å². The molecule has 0 spiro atoms. The van der Waals surface area contributed by atoms with E-state index in [1.54, 1.807) is 37.3 Å². The number of sulfonamides is 1. The minimum Gasteiger partial charge on any atom is -0.354 e. The van der Waals surface area contributed by atoms with E-state index < -0.39 is 21.9 Å². The first kappa shape index (κ1) is 29.3. The van der Waals surface area contributed by atoms with Gasteiger partial charge in [-0.3, -0.25) is 13.9 Å². The van der Waals surface area contributed by atoms with Crippen molar-refractivity contribution in [3.63, 3.8) is 0 Å². The number of nitrogens with zero attached hydrogens (tertiary/aromatic N) is 2. The number of anilines is 1. The number of carbonyl (C=O) groups excluding carboxylic acids is 2. The van der Waals surface area contributed by atoms with Crippen LogP contribution in [0.25, 0.3) is 0 Å². The molecule has 9 heteroatoms. The summed E-state index contributed by atoms with van der Waals surface area (Å²) in [4.78, 5) is 27.4. The Morgan fingerprint density at radius 2 is 1.64 bits per heavy atom. The van der Waals surface area contributed by atoms with Crippen LogP contribution in [0.1, 0.15) is 50.3 Å². The average Bonchev–Trinajstić information content (AvgIpc) is 2.77. The number of benzene rings is 2. The van der Waals surface area contributed by atoms with Crippen LogP contribution in [0, 0.1) is 25.6 Å². The summed E-state index contributed by atoms with van der Waals surface area (Å²) in [6, 6.07) is 10.9. The first-order chi connectivity index (χ1) is 16.8. The zero-order chi connectivity index (χ0) is 27.0. The van der Waals surface area contributed by atoms with Gasteiger partial charge in [0.25, 0.3) is 0 Å². The lowest BCUT2D eigenvalue weighted by Gasteiger charge is -2.30. The Hall–Kier alpha value is -2.94. The molecule has 2 rings (SSSR count). The van der Waals surface area contributed by atoms with Crippen molar-refractivity contribution in [2.24, 2.45) is 5.92 Å². The zero-order valence-corrected chi connectivity index (χ0v) is 22.9. The van der Waals surface area contributed by atoms with Crippen LogP contribution in [0.15, 0.2) is 42.5 Å². The number of hydrogen-bond acceptors (Lipinski definition) is 4. The van der Waals surface area contributed by atoms with Crippen LogP contribution in [-0.4, -0.2) is 50.5 Å². The summed E-state index contributed by atoms with van der Waals surface area (Å²) in [6.45, 7) is 9.85. The van der Waals surface area contributed by atoms with E-state index in [1.165, 1.54) is 15.3 Å². The Balaban J connectivity index is 2.20. The summed E-state index contributed by atoms with van der Waals surface area (Å²) in [5.41, 5.74) is 2.73. The molecule has 36 heavy (non-hydrogen) atoms. The minimum absolute atomic E-state index is 0.00701. The number of rotatable bonds is 12. The molecule has 2 aromatic rings. The normalized spacial score (nSPS) is 12.3. The highest BCUT2D eigenvalue weighted by Crippen LogP contribution is 2.22. The molecule has 0 aliphatic heterocycles. The number of aryl methyl sites for hydroxylation is 2. The molecule has 198 valence electrons. The van der Waals surface area contributed by atoms with Gasteiger partial charge >= 0.3 is 0 Å². The fourth-order valence-electron chi connectivity index (χ4n) is 3.94. The molecule has 0 aliphatic carbocycles. The summed E-state index contributed by atoms with van der Waals surface area (Å²) < 4.78 is 40.7. The van der Waals surface area contributed by atoms with Crippen LogP contribution >= 0.6 is 0 Å². The van der Waals surface area contributed by atoms with E-state index in [4.69, 9.17) is 0 Å². The molecule has 0 radical (unpaired) electrons. The van der Waals surface area contributed by atoms with Crippen LogP contribution in [0.2, 0.25) is 0 Å². The molecule has 0 fully saturated rings. The summed E-state index contributed by atoms with van der Waals surface area (Å²) in [7, 11) is -3.57. The molecule has 0 unspecified atom stereocenters. The number of carbonyl (C=O) groups is 2. The quantitative estimate of drug-likeness (QED) is 0.456. The van der Waals surface area contributed by atoms with Crippen LogP contribution in [-0.2, 0) is 26.2 Å². The van der Waals surface area contributed by atoms with E-state index in [0.29, 0.717) is 17.8 Å². The van der Waals surface area contributed by atoms with Crippen LogP contribution < -0.4 is 9.62 Å². The van der Waals surface area contributed by atoms with Crippen molar-refractivity contribution in [2.75, 3.05) is 23.7 Å². The van der Waals surface area contributed by atoms with Crippen LogP contribution in [0.4, 0.5) is 10.1 Å². The lowest BCUT2D eigenvalue weighted by Crippen LogP contribution is -2.48. The first-order valence-electron chi connectivity index (χ1n) is 12.2. The van der Waals surface area contributed by atoms with E-state index in [1.807, 2.05) is 33.8 Å². The topological polar surface area (TPSA) is 86.8 Å². The summed E-state index contributed by atoms with van der Waals surface area (Å²) in [6.07, 6.45) is 1.39. The molecule has 0 bridgehead atoms. The number of nitrogens with one attached hydrogen (secondary N) is 1. The van der Waals surface area contributed by atoms with Crippen molar-refractivity contribution in [3.8, 4) is 0 Å². The molecule has 0 aliphatic rings. The number of halogens is 1. The SMILES string of the molecule is Cc1cc(C)cc(N(CCCC(=O)N(Cc2ccccc2F)[C@@H](C)C(=O)NCC(C)C)S(C)(=O)=O)c1. The summed E-state index contributed by atoms with van der Waals surface area (Å²) >= 11 is 0. The lowest BCUT2D eigenvalue weighted by molar-refractivity contribution is -0.140. The Morgan fingerprint density at radius 3 is 2.19 bits per heavy atom. The highest BCUT2D eigenvalue weighted by atomic mass is 32.2. The van der Waals surface area contributed by atoms with Gasteiger partial charge in [-0.1, -0.05) is 38.1 Å². The second kappa shape index (κ2) is 12.9. The lowest BCUT2D eigenvalue weighted by atomic mass is 10.1. The van der Waals surface area contributed by atoms with Crippen molar-refractivity contribution in [1.29, 1.82) is 0 Å². The van der Waals surface area contributed by atoms with Gasteiger partial charge in [-0.05, 0) is 62.4 Å². The molecule has 0 heterocycles. The number of amides is 2. The Bertz CT molecular complexity index is 1150. The third-order valence-electron chi connectivity index (χ3n) is 5.80. The molecule has 1 N–H and O–H groups in total. The van der Waals surface area contributed by atoms with Crippen molar-refractivity contribution in [1.82, 2.24) is 10.2 Å². The zero-order valence-electron chi connectivity index (χ0n) is 22.0. The molecule has 0 saturated heterocycles. The molecule has 0 saturated carbocycles. The highest BCUT2D eigenvalue weighted by molar-refractivity contribution is 7.92. The monoisotopic (exact) mass is 519 g/mol. The first-order valence-corrected chi connectivity index (χ1v) is 14.0. The smallest absolute Gasteiger partial charge is 0.242 e. The molecule has 0 aromatic heterocycles. The Morgan fingerprint density at radius 1 is 1.03 bits per heavy atom. The van der Waals surface area contributed by atoms with E-state index in [-0.39, 0.29) is 43.7 Å². The van der Waals surface area contributed by atoms with Gasteiger partial charge in [-0.2, -0.15) is 0 Å². The molecule has 1 atom stereocenters. The van der Waals surface area contributed by atoms with E-state index in [9.17, 15) is 22.4 Å². The number of hydrogen-bond donors (Lipinski definition) is 1. The van der Waals surface area contributed by atoms with E-state index >= 15 is 0 Å². The van der Waals surface area contributed by atoms with Crippen molar-refractivity contribution in [2.45, 2.75) is 60.0 Å². The minimum atomic E-state index is -3.57. The van der Waals surface area contributed by atoms with Crippen molar-refractivity contribution < 1.29 is 22.4 Å². The molecule has 7 nitrogen and oxygen atoms in total. The van der Waals surface area contributed by atoms with Gasteiger partial charge < -0.3 is 10.2 Å². The fourth-order valence-corrected chi connectivity index (χ4v) is 4.89. The van der Waals surface area contributed by atoms with Gasteiger partial charge in [0.1, 0.15) is 11.9 Å². The molecular weight excluding hydrogens is 481 g/mol. The van der Waals surface area contributed by atoms with Gasteiger partial charge in [0.05, 0.1) is 11.9 Å². The maximum absolute atomic E-state index is 14.4. The standard InChI is InChI=1S/C27H38FN3O4S/c1-19(2)17-29-27(33)22(5)30(18-23-10-7-8-11-25(23)28)26(32)12-9-13-31(36(6,34)35)24-15-20(3)14-21(4)16-24/h7-8,10-11,14-16,19,22H,9,12-13,17-18H2,1-6H3,(H,29,33)/t22-/m0/s1. The second-order valence-corrected chi connectivity index (χ2v) is 11.6. The maximum atomic E-state index is 14.4. The Kier molecular flexibility index (Phi) is 10.5. The average molecular weight is 520 g/mol. The van der Waals surface area contributed by atoms with E-state index in [2.05, 4.69) is 5.32 Å². The fraction of sp³-hybridized carbons (Fsp3) is 0.481. The molecular formula is C27H38FN3O4S. The van der Waals surface area contributed by atoms with Gasteiger partial charge in [0.15, 0.2) is 0 Å². The summed E-state index contributed by atoms with van der Waals surface area (Å²) in [5.74, 6) is -0.882. The largest absolute Gasteiger partial charge is 0.354 e.